The van der Waals surface area contributed by atoms with Crippen molar-refractivity contribution in [3.05, 3.63) is 69.7 Å². The van der Waals surface area contributed by atoms with E-state index in [4.69, 9.17) is 0 Å². The van der Waals surface area contributed by atoms with E-state index < -0.39 is 15.7 Å². The van der Waals surface area contributed by atoms with E-state index in [2.05, 4.69) is 19.8 Å². The number of sulfonamides is 1. The van der Waals surface area contributed by atoms with Gasteiger partial charge in [-0.15, -0.1) is 11.3 Å². The van der Waals surface area contributed by atoms with Crippen LogP contribution in [0.15, 0.2) is 64.0 Å². The van der Waals surface area contributed by atoms with Crippen LogP contribution in [0.3, 0.4) is 0 Å². The Bertz CT molecular complexity index is 1210. The van der Waals surface area contributed by atoms with E-state index >= 15 is 0 Å². The smallest absolute Gasteiger partial charge is 0.296 e. The lowest BCUT2D eigenvalue weighted by atomic mass is 10.1. The Morgan fingerprint density at radius 3 is 2.73 bits per heavy atom. The van der Waals surface area contributed by atoms with Crippen molar-refractivity contribution >= 4 is 27.0 Å². The van der Waals surface area contributed by atoms with Crippen molar-refractivity contribution in [3.8, 4) is 11.1 Å². The first-order valence-electron chi connectivity index (χ1n) is 7.58. The predicted molar refractivity (Wildman–Crippen MR) is 97.4 cm³/mol. The van der Waals surface area contributed by atoms with Crippen molar-refractivity contribution in [3.63, 3.8) is 0 Å². The minimum atomic E-state index is -3.61. The molecule has 0 amide bonds. The number of benzene rings is 1. The summed E-state index contributed by atoms with van der Waals surface area (Å²) in [4.78, 5) is 19.4. The highest BCUT2D eigenvalue weighted by Crippen LogP contribution is 2.24. The fourth-order valence-corrected chi connectivity index (χ4v) is 4.25. The molecule has 3 aromatic heterocycles. The third-order valence-electron chi connectivity index (χ3n) is 3.80. The molecule has 0 aliphatic heterocycles. The summed E-state index contributed by atoms with van der Waals surface area (Å²) in [7, 11) is -3.61. The summed E-state index contributed by atoms with van der Waals surface area (Å²) in [6, 6.07) is 10.1. The monoisotopic (exact) mass is 387 g/mol. The number of nitrogens with zero attached hydrogens (tertiary/aromatic N) is 3. The Labute approximate surface area is 152 Å². The molecule has 10 heteroatoms. The summed E-state index contributed by atoms with van der Waals surface area (Å²) in [6.45, 7) is 0.252. The van der Waals surface area contributed by atoms with Crippen molar-refractivity contribution in [2.75, 3.05) is 0 Å². The van der Waals surface area contributed by atoms with Crippen molar-refractivity contribution in [2.24, 2.45) is 0 Å². The number of aromatic nitrogens is 4. The molecule has 26 heavy (non-hydrogen) atoms. The van der Waals surface area contributed by atoms with Gasteiger partial charge in [0.15, 0.2) is 5.65 Å². The van der Waals surface area contributed by atoms with E-state index in [-0.39, 0.29) is 11.4 Å². The molecule has 8 nitrogen and oxygen atoms in total. The Kier molecular flexibility index (Phi) is 4.15. The van der Waals surface area contributed by atoms with Crippen LogP contribution < -0.4 is 10.4 Å². The zero-order chi connectivity index (χ0) is 18.1. The van der Waals surface area contributed by atoms with E-state index in [1.807, 2.05) is 17.5 Å². The Morgan fingerprint density at radius 1 is 1.19 bits per heavy atom. The average Bonchev–Trinajstić information content (AvgIpc) is 3.31. The van der Waals surface area contributed by atoms with Crippen LogP contribution in [0.5, 0.6) is 0 Å². The average molecular weight is 387 g/mol. The summed E-state index contributed by atoms with van der Waals surface area (Å²) >= 11 is 1.49. The van der Waals surface area contributed by atoms with Gasteiger partial charge in [-0.3, -0.25) is 4.98 Å². The van der Waals surface area contributed by atoms with Crippen LogP contribution in [0.25, 0.3) is 16.8 Å². The number of H-pyrrole nitrogens is 1. The van der Waals surface area contributed by atoms with Gasteiger partial charge in [0.2, 0.25) is 10.0 Å². The minimum absolute atomic E-state index is 0.167. The topological polar surface area (TPSA) is 109 Å². The molecule has 4 aromatic rings. The van der Waals surface area contributed by atoms with Crippen LogP contribution in [0.4, 0.5) is 0 Å². The molecule has 0 atom stereocenters. The summed E-state index contributed by atoms with van der Waals surface area (Å²) in [6.07, 6.45) is 2.83. The molecular formula is C16H13N5O3S2. The molecule has 2 N–H and O–H groups in total. The maximum atomic E-state index is 12.4. The molecule has 3 heterocycles. The Hall–Kier alpha value is -2.82. The summed E-state index contributed by atoms with van der Waals surface area (Å²) in [5.74, 6) is 0. The first kappa shape index (κ1) is 16.6. The molecule has 0 spiro atoms. The van der Waals surface area contributed by atoms with Crippen LogP contribution >= 0.6 is 11.3 Å². The van der Waals surface area contributed by atoms with E-state index in [0.717, 1.165) is 15.0 Å². The van der Waals surface area contributed by atoms with Gasteiger partial charge < -0.3 is 0 Å². The van der Waals surface area contributed by atoms with Crippen molar-refractivity contribution in [2.45, 2.75) is 11.4 Å². The lowest BCUT2D eigenvalue weighted by Crippen LogP contribution is -2.22. The van der Waals surface area contributed by atoms with Gasteiger partial charge >= 0.3 is 5.69 Å². The highest BCUT2D eigenvalue weighted by Gasteiger charge is 2.15. The lowest BCUT2D eigenvalue weighted by molar-refractivity contribution is 0.582. The normalized spacial score (nSPS) is 11.8. The highest BCUT2D eigenvalue weighted by molar-refractivity contribution is 7.89. The van der Waals surface area contributed by atoms with Crippen LogP contribution in [0, 0.1) is 0 Å². The quantitative estimate of drug-likeness (QED) is 0.541. The first-order chi connectivity index (χ1) is 12.5. The molecule has 0 unspecified atom stereocenters. The van der Waals surface area contributed by atoms with Gasteiger partial charge in [0.1, 0.15) is 0 Å². The van der Waals surface area contributed by atoms with Gasteiger partial charge in [0.05, 0.1) is 17.4 Å². The zero-order valence-electron chi connectivity index (χ0n) is 13.3. The number of fused-ring (bicyclic) bond motifs is 1. The SMILES string of the molecule is O=c1[nH]cnc2c(-c3ccc(S(=O)(=O)NCc4cccs4)cc3)cnn12. The van der Waals surface area contributed by atoms with Gasteiger partial charge in [0.25, 0.3) is 0 Å². The third-order valence-corrected chi connectivity index (χ3v) is 6.10. The largest absolute Gasteiger partial charge is 0.349 e. The third kappa shape index (κ3) is 3.05. The predicted octanol–water partition coefficient (Wildman–Crippen LogP) is 1.62. The summed E-state index contributed by atoms with van der Waals surface area (Å²) in [5.41, 5.74) is 1.38. The molecular weight excluding hydrogens is 374 g/mol. The second kappa shape index (κ2) is 6.48. The minimum Gasteiger partial charge on any atom is -0.296 e. The van der Waals surface area contributed by atoms with Crippen LogP contribution in [0.2, 0.25) is 0 Å². The van der Waals surface area contributed by atoms with Crippen LogP contribution in [0.1, 0.15) is 4.88 Å². The number of hydrogen-bond acceptors (Lipinski definition) is 6. The molecule has 132 valence electrons. The molecule has 0 aliphatic carbocycles. The molecule has 0 saturated carbocycles. The van der Waals surface area contributed by atoms with Crippen molar-refractivity contribution in [1.82, 2.24) is 24.3 Å². The van der Waals surface area contributed by atoms with E-state index in [9.17, 15) is 13.2 Å². The van der Waals surface area contributed by atoms with Crippen LogP contribution in [-0.2, 0) is 16.6 Å². The second-order valence-electron chi connectivity index (χ2n) is 5.43. The summed E-state index contributed by atoms with van der Waals surface area (Å²) in [5, 5.41) is 5.90. The molecule has 0 radical (unpaired) electrons. The Balaban J connectivity index is 1.62. The summed E-state index contributed by atoms with van der Waals surface area (Å²) < 4.78 is 28.5. The molecule has 0 fully saturated rings. The number of rotatable bonds is 5. The van der Waals surface area contributed by atoms with Crippen molar-refractivity contribution < 1.29 is 8.42 Å². The number of nitrogens with one attached hydrogen (secondary N) is 2. The van der Waals surface area contributed by atoms with Crippen LogP contribution in [-0.4, -0.2) is 28.0 Å². The molecule has 0 saturated heterocycles. The lowest BCUT2D eigenvalue weighted by Gasteiger charge is -2.06. The van der Waals surface area contributed by atoms with Gasteiger partial charge in [-0.1, -0.05) is 18.2 Å². The van der Waals surface area contributed by atoms with Gasteiger partial charge in [0, 0.05) is 17.0 Å². The van der Waals surface area contributed by atoms with E-state index in [1.165, 1.54) is 36.0 Å². The molecule has 1 aromatic carbocycles. The fraction of sp³-hybridized carbons (Fsp3) is 0.0625. The van der Waals surface area contributed by atoms with Gasteiger partial charge in [-0.05, 0) is 29.1 Å². The number of hydrogen-bond donors (Lipinski definition) is 2. The maximum Gasteiger partial charge on any atom is 0.349 e. The van der Waals surface area contributed by atoms with E-state index in [1.54, 1.807) is 12.1 Å². The second-order valence-corrected chi connectivity index (χ2v) is 8.23. The number of aromatic amines is 1. The first-order valence-corrected chi connectivity index (χ1v) is 9.95. The van der Waals surface area contributed by atoms with Gasteiger partial charge in [-0.25, -0.2) is 22.9 Å². The molecule has 0 bridgehead atoms. The molecule has 0 aliphatic rings. The Morgan fingerprint density at radius 2 is 2.00 bits per heavy atom. The molecule has 4 rings (SSSR count). The fourth-order valence-electron chi connectivity index (χ4n) is 2.50. The highest BCUT2D eigenvalue weighted by atomic mass is 32.2. The maximum absolute atomic E-state index is 12.4. The van der Waals surface area contributed by atoms with Crippen molar-refractivity contribution in [1.29, 1.82) is 0 Å². The van der Waals surface area contributed by atoms with E-state index in [0.29, 0.717) is 11.2 Å². The number of thiophene rings is 1. The zero-order valence-corrected chi connectivity index (χ0v) is 14.9. The van der Waals surface area contributed by atoms with Gasteiger partial charge in [-0.2, -0.15) is 9.61 Å². The standard InChI is InChI=1S/C16H13N5O3S2/c22-16-18-10-17-15-14(9-19-21(15)16)11-3-5-13(6-4-11)26(23,24)20-8-12-2-1-7-25-12/h1-7,9-10,20H,8H2,(H,17,18,22).